The lowest BCUT2D eigenvalue weighted by Gasteiger charge is -2.33. The number of hydrogen-bond donors (Lipinski definition) is 2. The molecule has 0 saturated carbocycles. The summed E-state index contributed by atoms with van der Waals surface area (Å²) in [6.45, 7) is 4.44. The number of nitrogens with two attached hydrogens (primary N) is 1. The van der Waals surface area contributed by atoms with Gasteiger partial charge in [-0.25, -0.2) is 0 Å². The lowest BCUT2D eigenvalue weighted by Crippen LogP contribution is -2.34. The number of anilines is 2. The fourth-order valence-corrected chi connectivity index (χ4v) is 2.23. The standard InChI is InChI=1S/C13H20N2O/c1-10-8-12(2-3-13(10)14)15-6-4-11(9-16)5-7-15/h2-3,8,11,16H,4-7,9,14H2,1H3. The molecule has 16 heavy (non-hydrogen) atoms. The van der Waals surface area contributed by atoms with Crippen LogP contribution >= 0.6 is 0 Å². The van der Waals surface area contributed by atoms with E-state index in [9.17, 15) is 0 Å². The van der Waals surface area contributed by atoms with Gasteiger partial charge >= 0.3 is 0 Å². The molecular weight excluding hydrogens is 200 g/mol. The van der Waals surface area contributed by atoms with Gasteiger partial charge in [-0.3, -0.25) is 0 Å². The van der Waals surface area contributed by atoms with Crippen LogP contribution in [0.25, 0.3) is 0 Å². The Bertz CT molecular complexity index is 357. The highest BCUT2D eigenvalue weighted by Crippen LogP contribution is 2.25. The van der Waals surface area contributed by atoms with Crippen molar-refractivity contribution >= 4 is 11.4 Å². The third-order valence-corrected chi connectivity index (χ3v) is 3.49. The quantitative estimate of drug-likeness (QED) is 0.747. The smallest absolute Gasteiger partial charge is 0.0460 e. The zero-order valence-electron chi connectivity index (χ0n) is 9.82. The summed E-state index contributed by atoms with van der Waals surface area (Å²) in [5, 5.41) is 9.09. The third-order valence-electron chi connectivity index (χ3n) is 3.49. The minimum Gasteiger partial charge on any atom is -0.399 e. The van der Waals surface area contributed by atoms with Gasteiger partial charge in [-0.05, 0) is 49.4 Å². The highest BCUT2D eigenvalue weighted by atomic mass is 16.3. The lowest BCUT2D eigenvalue weighted by atomic mass is 9.97. The topological polar surface area (TPSA) is 49.5 Å². The largest absolute Gasteiger partial charge is 0.399 e. The Morgan fingerprint density at radius 2 is 2.06 bits per heavy atom. The molecule has 0 radical (unpaired) electrons. The molecule has 0 unspecified atom stereocenters. The monoisotopic (exact) mass is 220 g/mol. The number of benzene rings is 1. The predicted molar refractivity (Wildman–Crippen MR) is 67.6 cm³/mol. The Labute approximate surface area is 96.9 Å². The normalized spacial score (nSPS) is 17.8. The summed E-state index contributed by atoms with van der Waals surface area (Å²) in [7, 11) is 0. The van der Waals surface area contributed by atoms with Gasteiger partial charge in [0, 0.05) is 31.1 Å². The van der Waals surface area contributed by atoms with Crippen LogP contribution in [-0.2, 0) is 0 Å². The van der Waals surface area contributed by atoms with E-state index >= 15 is 0 Å². The van der Waals surface area contributed by atoms with E-state index < -0.39 is 0 Å². The highest BCUT2D eigenvalue weighted by molar-refractivity contribution is 5.58. The summed E-state index contributed by atoms with van der Waals surface area (Å²) < 4.78 is 0. The first-order chi connectivity index (χ1) is 7.70. The van der Waals surface area contributed by atoms with Gasteiger partial charge in [0.2, 0.25) is 0 Å². The van der Waals surface area contributed by atoms with Crippen molar-refractivity contribution in [3.63, 3.8) is 0 Å². The number of rotatable bonds is 2. The van der Waals surface area contributed by atoms with E-state index in [4.69, 9.17) is 10.8 Å². The highest BCUT2D eigenvalue weighted by Gasteiger charge is 2.18. The first-order valence-corrected chi connectivity index (χ1v) is 5.92. The van der Waals surface area contributed by atoms with E-state index in [0.29, 0.717) is 12.5 Å². The zero-order valence-corrected chi connectivity index (χ0v) is 9.82. The lowest BCUT2D eigenvalue weighted by molar-refractivity contribution is 0.203. The molecule has 0 spiro atoms. The summed E-state index contributed by atoms with van der Waals surface area (Å²) in [6, 6.07) is 6.21. The molecule has 1 fully saturated rings. The van der Waals surface area contributed by atoms with E-state index in [1.54, 1.807) is 0 Å². The Morgan fingerprint density at radius 3 is 2.62 bits per heavy atom. The summed E-state index contributed by atoms with van der Waals surface area (Å²) in [5.74, 6) is 0.492. The molecule has 0 amide bonds. The average Bonchev–Trinajstić information content (AvgIpc) is 2.33. The number of aliphatic hydroxyl groups excluding tert-OH is 1. The molecule has 1 saturated heterocycles. The molecule has 0 bridgehead atoms. The van der Waals surface area contributed by atoms with Crippen LogP contribution in [0.2, 0.25) is 0 Å². The molecule has 1 aliphatic rings. The average molecular weight is 220 g/mol. The van der Waals surface area contributed by atoms with Crippen molar-refractivity contribution in [1.29, 1.82) is 0 Å². The molecule has 3 N–H and O–H groups in total. The summed E-state index contributed by atoms with van der Waals surface area (Å²) in [4.78, 5) is 2.37. The molecule has 0 aliphatic carbocycles. The van der Waals surface area contributed by atoms with Crippen molar-refractivity contribution in [1.82, 2.24) is 0 Å². The molecule has 1 aromatic carbocycles. The second-order valence-corrected chi connectivity index (χ2v) is 4.65. The van der Waals surface area contributed by atoms with Crippen LogP contribution < -0.4 is 10.6 Å². The van der Waals surface area contributed by atoms with Gasteiger partial charge in [-0.15, -0.1) is 0 Å². The number of aryl methyl sites for hydroxylation is 1. The van der Waals surface area contributed by atoms with Crippen LogP contribution in [-0.4, -0.2) is 24.8 Å². The van der Waals surface area contributed by atoms with Gasteiger partial charge in [-0.2, -0.15) is 0 Å². The third kappa shape index (κ3) is 2.30. The van der Waals surface area contributed by atoms with Crippen LogP contribution in [0.4, 0.5) is 11.4 Å². The van der Waals surface area contributed by atoms with E-state index in [1.807, 2.05) is 13.0 Å². The van der Waals surface area contributed by atoms with E-state index in [2.05, 4.69) is 17.0 Å². The Hall–Kier alpha value is -1.22. The predicted octanol–water partition coefficient (Wildman–Crippen LogP) is 1.79. The molecule has 0 atom stereocenters. The van der Waals surface area contributed by atoms with Crippen molar-refractivity contribution in [3.8, 4) is 0 Å². The molecule has 3 heteroatoms. The SMILES string of the molecule is Cc1cc(N2CCC(CO)CC2)ccc1N. The Balaban J connectivity index is 2.05. The molecular formula is C13H20N2O. The number of nitrogen functional groups attached to an aromatic ring is 1. The fraction of sp³-hybridized carbons (Fsp3) is 0.538. The van der Waals surface area contributed by atoms with Crippen LogP contribution in [0.15, 0.2) is 18.2 Å². The number of hydrogen-bond acceptors (Lipinski definition) is 3. The van der Waals surface area contributed by atoms with Crippen molar-refractivity contribution < 1.29 is 5.11 Å². The maximum atomic E-state index is 9.09. The zero-order chi connectivity index (χ0) is 11.5. The number of nitrogens with zero attached hydrogens (tertiary/aromatic N) is 1. The first-order valence-electron chi connectivity index (χ1n) is 5.92. The van der Waals surface area contributed by atoms with Gasteiger partial charge in [0.05, 0.1) is 0 Å². The second kappa shape index (κ2) is 4.74. The fourth-order valence-electron chi connectivity index (χ4n) is 2.23. The number of piperidine rings is 1. The van der Waals surface area contributed by atoms with Crippen molar-refractivity contribution in [3.05, 3.63) is 23.8 Å². The maximum Gasteiger partial charge on any atom is 0.0460 e. The first kappa shape index (κ1) is 11.3. The van der Waals surface area contributed by atoms with Crippen LogP contribution in [0.1, 0.15) is 18.4 Å². The molecule has 88 valence electrons. The van der Waals surface area contributed by atoms with Gasteiger partial charge in [0.1, 0.15) is 0 Å². The van der Waals surface area contributed by atoms with Gasteiger partial charge in [0.15, 0.2) is 0 Å². The van der Waals surface area contributed by atoms with Crippen molar-refractivity contribution in [2.24, 2.45) is 5.92 Å². The van der Waals surface area contributed by atoms with E-state index in [0.717, 1.165) is 37.2 Å². The van der Waals surface area contributed by atoms with E-state index in [-0.39, 0.29) is 0 Å². The second-order valence-electron chi connectivity index (χ2n) is 4.65. The Morgan fingerprint density at radius 1 is 1.38 bits per heavy atom. The van der Waals surface area contributed by atoms with Gasteiger partial charge in [0.25, 0.3) is 0 Å². The Kier molecular flexibility index (Phi) is 3.34. The number of aliphatic hydroxyl groups is 1. The van der Waals surface area contributed by atoms with Crippen LogP contribution in [0.5, 0.6) is 0 Å². The molecule has 1 aliphatic heterocycles. The minimum atomic E-state index is 0.328. The molecule has 1 heterocycles. The van der Waals surface area contributed by atoms with Gasteiger partial charge in [-0.1, -0.05) is 0 Å². The molecule has 3 nitrogen and oxygen atoms in total. The molecule has 0 aromatic heterocycles. The maximum absolute atomic E-state index is 9.09. The minimum absolute atomic E-state index is 0.328. The van der Waals surface area contributed by atoms with Crippen LogP contribution in [0.3, 0.4) is 0 Å². The summed E-state index contributed by atoms with van der Waals surface area (Å²) >= 11 is 0. The molecule has 1 aromatic rings. The van der Waals surface area contributed by atoms with Crippen LogP contribution in [0, 0.1) is 12.8 Å². The van der Waals surface area contributed by atoms with Gasteiger partial charge < -0.3 is 15.7 Å². The van der Waals surface area contributed by atoms with Crippen molar-refractivity contribution in [2.45, 2.75) is 19.8 Å². The molecule has 2 rings (SSSR count). The van der Waals surface area contributed by atoms with Crippen molar-refractivity contribution in [2.75, 3.05) is 30.3 Å². The summed E-state index contributed by atoms with van der Waals surface area (Å²) in [6.07, 6.45) is 2.17. The van der Waals surface area contributed by atoms with E-state index in [1.165, 1.54) is 5.69 Å². The summed E-state index contributed by atoms with van der Waals surface area (Å²) in [5.41, 5.74) is 9.06.